The highest BCUT2D eigenvalue weighted by atomic mass is 79.9. The molecule has 2 aromatic carbocycles. The third-order valence-electron chi connectivity index (χ3n) is 7.91. The van der Waals surface area contributed by atoms with E-state index in [2.05, 4.69) is 58.3 Å². The maximum atomic E-state index is 13.9. The summed E-state index contributed by atoms with van der Waals surface area (Å²) in [6.07, 6.45) is 3.81. The second-order valence-electron chi connectivity index (χ2n) is 11.2. The molecule has 0 spiro atoms. The van der Waals surface area contributed by atoms with Gasteiger partial charge in [0.2, 0.25) is 5.95 Å². The van der Waals surface area contributed by atoms with Gasteiger partial charge in [-0.3, -0.25) is 4.90 Å². The number of nitrogens with one attached hydrogen (secondary N) is 2. The van der Waals surface area contributed by atoms with Gasteiger partial charge >= 0.3 is 0 Å². The molecule has 0 amide bonds. The number of aromatic nitrogens is 2. The predicted octanol–water partition coefficient (Wildman–Crippen LogP) is 5.99. The van der Waals surface area contributed by atoms with Crippen molar-refractivity contribution in [1.29, 1.82) is 0 Å². The van der Waals surface area contributed by atoms with E-state index in [1.807, 2.05) is 12.1 Å². The van der Waals surface area contributed by atoms with Crippen LogP contribution in [0.25, 0.3) is 0 Å². The topological polar surface area (TPSA) is 85.9 Å². The Bertz CT molecular complexity index is 1480. The molecule has 0 unspecified atom stereocenters. The van der Waals surface area contributed by atoms with Crippen LogP contribution in [0.15, 0.2) is 41.0 Å². The number of nitrogens with zero attached hydrogens (tertiary/aromatic N) is 5. The highest BCUT2D eigenvalue weighted by Gasteiger charge is 2.28. The van der Waals surface area contributed by atoms with Gasteiger partial charge in [0.1, 0.15) is 24.5 Å². The van der Waals surface area contributed by atoms with Crippen molar-refractivity contribution in [1.82, 2.24) is 19.8 Å². The molecule has 0 bridgehead atoms. The van der Waals surface area contributed by atoms with E-state index in [1.54, 1.807) is 32.7 Å². The molecular formula is C29H37BrClFN7O2P. The molecule has 0 radical (unpaired) electrons. The van der Waals surface area contributed by atoms with Crippen LogP contribution in [0, 0.1) is 5.82 Å². The van der Waals surface area contributed by atoms with E-state index in [0.717, 1.165) is 57.8 Å². The van der Waals surface area contributed by atoms with Crippen molar-refractivity contribution in [3.8, 4) is 5.75 Å². The van der Waals surface area contributed by atoms with Crippen LogP contribution in [0.3, 0.4) is 0 Å². The van der Waals surface area contributed by atoms with Gasteiger partial charge in [-0.2, -0.15) is 4.98 Å². The van der Waals surface area contributed by atoms with E-state index in [4.69, 9.17) is 16.3 Å². The smallest absolute Gasteiger partial charge is 0.229 e. The molecule has 5 rings (SSSR count). The van der Waals surface area contributed by atoms with E-state index in [-0.39, 0.29) is 0 Å². The van der Waals surface area contributed by atoms with Crippen molar-refractivity contribution in [3.05, 3.63) is 51.8 Å². The van der Waals surface area contributed by atoms with Crippen molar-refractivity contribution >= 4 is 68.8 Å². The summed E-state index contributed by atoms with van der Waals surface area (Å²) in [6, 6.07) is 8.58. The summed E-state index contributed by atoms with van der Waals surface area (Å²) >= 11 is 10.3. The molecule has 2 N–H and O–H groups in total. The van der Waals surface area contributed by atoms with E-state index < -0.39 is 13.0 Å². The second-order valence-corrected chi connectivity index (χ2v) is 15.7. The van der Waals surface area contributed by atoms with Gasteiger partial charge in [-0.15, -0.1) is 0 Å². The third kappa shape index (κ3) is 7.19. The molecule has 3 heterocycles. The lowest BCUT2D eigenvalue weighted by molar-refractivity contribution is 0.0982. The summed E-state index contributed by atoms with van der Waals surface area (Å²) in [6.45, 7) is 9.60. The lowest BCUT2D eigenvalue weighted by Crippen LogP contribution is -2.52. The average molecular weight is 681 g/mol. The molecule has 9 nitrogen and oxygen atoms in total. The van der Waals surface area contributed by atoms with E-state index in [0.29, 0.717) is 49.7 Å². The zero-order valence-electron chi connectivity index (χ0n) is 24.3. The van der Waals surface area contributed by atoms with E-state index in [9.17, 15) is 8.96 Å². The van der Waals surface area contributed by atoms with Crippen molar-refractivity contribution in [2.24, 2.45) is 0 Å². The van der Waals surface area contributed by atoms with Crippen LogP contribution in [0.4, 0.5) is 33.2 Å². The number of ether oxygens (including phenoxy) is 1. The number of anilines is 5. The molecule has 0 saturated carbocycles. The zero-order valence-corrected chi connectivity index (χ0v) is 27.6. The van der Waals surface area contributed by atoms with Gasteiger partial charge in [0.05, 0.1) is 33.7 Å². The number of rotatable bonds is 8. The van der Waals surface area contributed by atoms with Gasteiger partial charge in [-0.1, -0.05) is 11.6 Å². The Balaban J connectivity index is 1.31. The molecule has 226 valence electrons. The molecule has 13 heteroatoms. The first-order valence-electron chi connectivity index (χ1n) is 14.0. The van der Waals surface area contributed by atoms with Gasteiger partial charge in [0.15, 0.2) is 0 Å². The van der Waals surface area contributed by atoms with E-state index >= 15 is 0 Å². The largest absolute Gasteiger partial charge is 0.494 e. The minimum Gasteiger partial charge on any atom is -0.494 e. The lowest BCUT2D eigenvalue weighted by atomic mass is 10.0. The molecule has 0 atom stereocenters. The Morgan fingerprint density at radius 2 is 1.76 bits per heavy atom. The van der Waals surface area contributed by atoms with Crippen molar-refractivity contribution in [2.75, 3.05) is 82.3 Å². The summed E-state index contributed by atoms with van der Waals surface area (Å²) in [7, 11) is 1.05. The zero-order chi connectivity index (χ0) is 30.0. The third-order valence-corrected chi connectivity index (χ3v) is 10.3. The number of piperidine rings is 1. The van der Waals surface area contributed by atoms with Crippen LogP contribution in [-0.2, 0) is 4.57 Å². The maximum Gasteiger partial charge on any atom is 0.229 e. The van der Waals surface area contributed by atoms with Gasteiger partial charge in [0.25, 0.3) is 0 Å². The molecule has 2 aliphatic heterocycles. The molecule has 2 saturated heterocycles. The Morgan fingerprint density at radius 1 is 1.05 bits per heavy atom. The Morgan fingerprint density at radius 3 is 2.43 bits per heavy atom. The van der Waals surface area contributed by atoms with Crippen molar-refractivity contribution in [2.45, 2.75) is 18.9 Å². The van der Waals surface area contributed by atoms with Crippen LogP contribution in [0.2, 0.25) is 5.02 Å². The number of hydrogen-bond acceptors (Lipinski definition) is 9. The normalized spacial score (nSPS) is 17.4. The summed E-state index contributed by atoms with van der Waals surface area (Å²) < 4.78 is 33.1. The minimum absolute atomic E-state index is 0.302. The van der Waals surface area contributed by atoms with Crippen LogP contribution in [0.1, 0.15) is 12.8 Å². The Hall–Kier alpha value is -2.43. The Labute approximate surface area is 260 Å². The predicted molar refractivity (Wildman–Crippen MR) is 174 cm³/mol. The first kappa shape index (κ1) is 31.0. The molecule has 0 aliphatic carbocycles. The summed E-state index contributed by atoms with van der Waals surface area (Å²) in [4.78, 5) is 16.4. The number of hydrogen-bond donors (Lipinski definition) is 2. The molecular weight excluding hydrogens is 644 g/mol. The molecule has 2 aliphatic rings. The molecule has 1 aromatic heterocycles. The molecule has 2 fully saturated rings. The van der Waals surface area contributed by atoms with Crippen LogP contribution in [0.5, 0.6) is 5.75 Å². The highest BCUT2D eigenvalue weighted by Crippen LogP contribution is 2.41. The first-order chi connectivity index (χ1) is 20.0. The molecule has 3 aromatic rings. The van der Waals surface area contributed by atoms with Crippen LogP contribution < -0.4 is 25.6 Å². The quantitative estimate of drug-likeness (QED) is 0.279. The van der Waals surface area contributed by atoms with Crippen molar-refractivity contribution < 1.29 is 13.7 Å². The highest BCUT2D eigenvalue weighted by molar-refractivity contribution is 9.10. The first-order valence-corrected chi connectivity index (χ1v) is 17.8. The SMILES string of the molecule is COc1cc(N2CCC(N3CCN(C)CC3)CC2)c(Cl)cc1Nc1ncc(Br)c(Nc2ccc(F)cc2P(C)(C)=O)n1. The monoisotopic (exact) mass is 679 g/mol. The number of piperazine rings is 1. The fourth-order valence-electron chi connectivity index (χ4n) is 5.53. The van der Waals surface area contributed by atoms with Gasteiger partial charge in [-0.05, 0) is 73.4 Å². The summed E-state index contributed by atoms with van der Waals surface area (Å²) in [5.41, 5.74) is 2.08. The fourth-order valence-corrected chi connectivity index (χ4v) is 7.25. The van der Waals surface area contributed by atoms with Gasteiger partial charge in [-0.25, -0.2) is 9.37 Å². The Kier molecular flexibility index (Phi) is 9.64. The van der Waals surface area contributed by atoms with Crippen molar-refractivity contribution in [3.63, 3.8) is 0 Å². The lowest BCUT2D eigenvalue weighted by Gasteiger charge is -2.42. The maximum absolute atomic E-state index is 13.9. The molecule has 42 heavy (non-hydrogen) atoms. The summed E-state index contributed by atoms with van der Waals surface area (Å²) in [5.74, 6) is 0.903. The standard InChI is InChI=1S/C29H37BrClFN7O2P/c1-37-11-13-38(14-12-37)20-7-9-39(10-8-20)25-17-26(41-2)24(16-22(25)31)35-29-33-18-21(30)28(36-29)34-23-6-5-19(32)15-27(23)42(3,4)40/h5-6,15-18,20H,7-14H2,1-4H3,(H2,33,34,35,36). The van der Waals surface area contributed by atoms with Crippen LogP contribution >= 0.6 is 34.7 Å². The number of benzene rings is 2. The second kappa shape index (κ2) is 13.1. The number of methoxy groups -OCH3 is 1. The fraction of sp³-hybridized carbons (Fsp3) is 0.448. The number of likely N-dealkylation sites (N-methyl/N-ethyl adjacent to an activating group) is 1. The van der Waals surface area contributed by atoms with Crippen LogP contribution in [-0.4, -0.2) is 92.6 Å². The van der Waals surface area contributed by atoms with E-state index in [1.165, 1.54) is 12.1 Å². The van der Waals surface area contributed by atoms with Gasteiger partial charge < -0.3 is 29.7 Å². The average Bonchev–Trinajstić information content (AvgIpc) is 2.96. The number of halogens is 3. The summed E-state index contributed by atoms with van der Waals surface area (Å²) in [5, 5.41) is 7.41. The van der Waals surface area contributed by atoms with Gasteiger partial charge in [0, 0.05) is 62.9 Å². The minimum atomic E-state index is -2.76.